The molecule has 1 aromatic rings. The zero-order chi connectivity index (χ0) is 14.2. The van der Waals surface area contributed by atoms with E-state index in [1.54, 1.807) is 6.92 Å². The van der Waals surface area contributed by atoms with E-state index in [-0.39, 0.29) is 6.04 Å². The molecule has 0 spiro atoms. The molecule has 1 aliphatic rings. The first-order chi connectivity index (χ1) is 8.89. The fourth-order valence-corrected chi connectivity index (χ4v) is 2.55. The number of hydrogen-bond donors (Lipinski definition) is 1. The number of carbonyl (C=O) groups is 2. The maximum atomic E-state index is 11.8. The van der Waals surface area contributed by atoms with Gasteiger partial charge in [-0.05, 0) is 39.2 Å². The van der Waals surface area contributed by atoms with Gasteiger partial charge in [-0.25, -0.2) is 4.79 Å². The molecule has 1 aromatic carbocycles. The zero-order valence-electron chi connectivity index (χ0n) is 11.5. The van der Waals surface area contributed by atoms with Gasteiger partial charge in [-0.15, -0.1) is 0 Å². The Balaban J connectivity index is 2.54. The van der Waals surface area contributed by atoms with Gasteiger partial charge in [0.2, 0.25) is 6.41 Å². The van der Waals surface area contributed by atoms with Crippen LogP contribution in [0.1, 0.15) is 36.5 Å². The molecular formula is C15H19NO3. The zero-order valence-corrected chi connectivity index (χ0v) is 11.5. The lowest BCUT2D eigenvalue weighted by atomic mass is 9.88. The summed E-state index contributed by atoms with van der Waals surface area (Å²) in [5.74, 6) is -0.989. The molecule has 1 N–H and O–H groups in total. The van der Waals surface area contributed by atoms with Gasteiger partial charge in [-0.1, -0.05) is 29.3 Å². The van der Waals surface area contributed by atoms with Crippen LogP contribution in [0.3, 0.4) is 0 Å². The van der Waals surface area contributed by atoms with Gasteiger partial charge < -0.3 is 10.0 Å². The SMILES string of the molecule is Cc1cc(C)cc(C(C)(C(=O)O)N(C=O)C2CC2)c1. The molecule has 0 aliphatic heterocycles. The third-order valence-electron chi connectivity index (χ3n) is 3.77. The van der Waals surface area contributed by atoms with E-state index in [1.165, 1.54) is 4.90 Å². The lowest BCUT2D eigenvalue weighted by Gasteiger charge is -2.36. The average Bonchev–Trinajstić information content (AvgIpc) is 3.12. The summed E-state index contributed by atoms with van der Waals surface area (Å²) in [6.07, 6.45) is 2.43. The second kappa shape index (κ2) is 4.68. The van der Waals surface area contributed by atoms with Crippen molar-refractivity contribution >= 4 is 12.4 Å². The normalized spacial score (nSPS) is 17.6. The number of benzene rings is 1. The average molecular weight is 261 g/mol. The van der Waals surface area contributed by atoms with Gasteiger partial charge in [-0.3, -0.25) is 4.79 Å². The van der Waals surface area contributed by atoms with E-state index in [4.69, 9.17) is 0 Å². The number of aryl methyl sites for hydroxylation is 2. The first kappa shape index (κ1) is 13.6. The minimum Gasteiger partial charge on any atom is -0.479 e. The Morgan fingerprint density at radius 1 is 1.32 bits per heavy atom. The molecule has 1 saturated carbocycles. The van der Waals surface area contributed by atoms with Crippen LogP contribution in [0.5, 0.6) is 0 Å². The van der Waals surface area contributed by atoms with Crippen LogP contribution in [0.4, 0.5) is 0 Å². The largest absolute Gasteiger partial charge is 0.479 e. The van der Waals surface area contributed by atoms with E-state index in [2.05, 4.69) is 0 Å². The smallest absolute Gasteiger partial charge is 0.334 e. The molecule has 1 atom stereocenters. The number of carboxylic acid groups (broad SMARTS) is 1. The monoisotopic (exact) mass is 261 g/mol. The number of amides is 1. The van der Waals surface area contributed by atoms with Crippen molar-refractivity contribution in [1.82, 2.24) is 4.90 Å². The van der Waals surface area contributed by atoms with Crippen molar-refractivity contribution in [3.05, 3.63) is 34.9 Å². The minimum atomic E-state index is -1.29. The van der Waals surface area contributed by atoms with Crippen LogP contribution < -0.4 is 0 Å². The molecule has 1 aliphatic carbocycles. The molecule has 0 saturated heterocycles. The lowest BCUT2D eigenvalue weighted by molar-refractivity contribution is -0.155. The number of carbonyl (C=O) groups excluding carboxylic acids is 1. The molecule has 0 radical (unpaired) electrons. The Morgan fingerprint density at radius 3 is 2.21 bits per heavy atom. The number of aliphatic carboxylic acids is 1. The molecule has 0 bridgehead atoms. The minimum absolute atomic E-state index is 0.0550. The predicted molar refractivity (Wildman–Crippen MR) is 71.8 cm³/mol. The number of nitrogens with zero attached hydrogens (tertiary/aromatic N) is 1. The summed E-state index contributed by atoms with van der Waals surface area (Å²) in [6, 6.07) is 5.74. The van der Waals surface area contributed by atoms with Gasteiger partial charge in [0, 0.05) is 6.04 Å². The third kappa shape index (κ3) is 2.35. The Hall–Kier alpha value is -1.84. The van der Waals surface area contributed by atoms with Crippen LogP contribution in [0.2, 0.25) is 0 Å². The summed E-state index contributed by atoms with van der Waals surface area (Å²) in [4.78, 5) is 24.6. The maximum absolute atomic E-state index is 11.8. The number of rotatable bonds is 5. The van der Waals surface area contributed by atoms with Gasteiger partial charge in [0.05, 0.1) is 0 Å². The van der Waals surface area contributed by atoms with Crippen molar-refractivity contribution < 1.29 is 14.7 Å². The van der Waals surface area contributed by atoms with E-state index >= 15 is 0 Å². The number of hydrogen-bond acceptors (Lipinski definition) is 2. The first-order valence-electron chi connectivity index (χ1n) is 6.45. The summed E-state index contributed by atoms with van der Waals surface area (Å²) < 4.78 is 0. The van der Waals surface area contributed by atoms with Crippen molar-refractivity contribution in [2.45, 2.75) is 45.2 Å². The highest BCUT2D eigenvalue weighted by Gasteiger charge is 2.47. The molecule has 4 heteroatoms. The molecule has 1 fully saturated rings. The highest BCUT2D eigenvalue weighted by atomic mass is 16.4. The van der Waals surface area contributed by atoms with Gasteiger partial charge in [0.15, 0.2) is 5.54 Å². The van der Waals surface area contributed by atoms with Gasteiger partial charge >= 0.3 is 5.97 Å². The molecule has 1 unspecified atom stereocenters. The molecule has 102 valence electrons. The van der Waals surface area contributed by atoms with Gasteiger partial charge in [-0.2, -0.15) is 0 Å². The summed E-state index contributed by atoms with van der Waals surface area (Å²) in [5.41, 5.74) is 1.38. The summed E-state index contributed by atoms with van der Waals surface area (Å²) >= 11 is 0. The fraction of sp³-hybridized carbons (Fsp3) is 0.467. The second-order valence-corrected chi connectivity index (χ2v) is 5.50. The standard InChI is InChI=1S/C15H19NO3/c1-10-6-11(2)8-12(7-10)15(3,14(18)19)16(9-17)13-4-5-13/h6-9,13H,4-5H2,1-3H3,(H,18,19). The summed E-state index contributed by atoms with van der Waals surface area (Å²) in [6.45, 7) is 5.47. The van der Waals surface area contributed by atoms with E-state index < -0.39 is 11.5 Å². The van der Waals surface area contributed by atoms with Crippen LogP contribution in [-0.4, -0.2) is 28.4 Å². The van der Waals surface area contributed by atoms with Crippen molar-refractivity contribution in [3.8, 4) is 0 Å². The van der Waals surface area contributed by atoms with Crippen LogP contribution in [0.25, 0.3) is 0 Å². The molecule has 0 heterocycles. The van der Waals surface area contributed by atoms with Gasteiger partial charge in [0.25, 0.3) is 0 Å². The van der Waals surface area contributed by atoms with Crippen molar-refractivity contribution in [2.24, 2.45) is 0 Å². The van der Waals surface area contributed by atoms with E-state index in [9.17, 15) is 14.7 Å². The summed E-state index contributed by atoms with van der Waals surface area (Å²) in [5, 5.41) is 9.65. The Morgan fingerprint density at radius 2 is 1.84 bits per heavy atom. The Labute approximate surface area is 113 Å². The Kier molecular flexibility index (Phi) is 3.35. The van der Waals surface area contributed by atoms with E-state index in [0.29, 0.717) is 12.0 Å². The summed E-state index contributed by atoms with van der Waals surface area (Å²) in [7, 11) is 0. The fourth-order valence-electron chi connectivity index (χ4n) is 2.55. The number of carboxylic acids is 1. The maximum Gasteiger partial charge on any atom is 0.334 e. The highest BCUT2D eigenvalue weighted by molar-refractivity contribution is 5.83. The topological polar surface area (TPSA) is 57.6 Å². The van der Waals surface area contributed by atoms with Crippen LogP contribution in [-0.2, 0) is 15.1 Å². The predicted octanol–water partition coefficient (Wildman–Crippen LogP) is 2.22. The van der Waals surface area contributed by atoms with Crippen molar-refractivity contribution in [2.75, 3.05) is 0 Å². The third-order valence-corrected chi connectivity index (χ3v) is 3.77. The van der Waals surface area contributed by atoms with Crippen molar-refractivity contribution in [1.29, 1.82) is 0 Å². The first-order valence-corrected chi connectivity index (χ1v) is 6.45. The second-order valence-electron chi connectivity index (χ2n) is 5.50. The van der Waals surface area contributed by atoms with Crippen LogP contribution in [0.15, 0.2) is 18.2 Å². The van der Waals surface area contributed by atoms with E-state index in [0.717, 1.165) is 24.0 Å². The molecular weight excluding hydrogens is 242 g/mol. The molecule has 2 rings (SSSR count). The van der Waals surface area contributed by atoms with E-state index in [1.807, 2.05) is 32.0 Å². The molecule has 1 amide bonds. The quantitative estimate of drug-likeness (QED) is 0.827. The lowest BCUT2D eigenvalue weighted by Crippen LogP contribution is -2.50. The molecule has 0 aromatic heterocycles. The van der Waals surface area contributed by atoms with Gasteiger partial charge in [0.1, 0.15) is 0 Å². The van der Waals surface area contributed by atoms with Crippen LogP contribution >= 0.6 is 0 Å². The Bertz CT molecular complexity index is 502. The molecule has 4 nitrogen and oxygen atoms in total. The molecule has 19 heavy (non-hydrogen) atoms. The van der Waals surface area contributed by atoms with Crippen molar-refractivity contribution in [3.63, 3.8) is 0 Å². The van der Waals surface area contributed by atoms with Crippen LogP contribution in [0, 0.1) is 13.8 Å². The highest BCUT2D eigenvalue weighted by Crippen LogP contribution is 2.38.